The minimum atomic E-state index is -2.98. The minimum Gasteiger partial charge on any atom is -0.374 e. The average Bonchev–Trinajstić information content (AvgIpc) is 2.64. The van der Waals surface area contributed by atoms with Crippen molar-refractivity contribution in [3.05, 3.63) is 0 Å². The van der Waals surface area contributed by atoms with Crippen molar-refractivity contribution < 1.29 is 22.9 Å². The standard InChI is InChI=1S/C23H48N2O5Si/c1-14-28-31(29-15-2,30-16-3)18(5)17(4)22(9,10)25(21(8)27)23(11,12)19(6)24(13)20(7)26/h17-19H,14-16H2,1-13H3. The molecule has 0 saturated carbocycles. The van der Waals surface area contributed by atoms with E-state index in [1.807, 2.05) is 46.4 Å². The molecule has 0 aromatic rings. The topological polar surface area (TPSA) is 68.3 Å². The highest BCUT2D eigenvalue weighted by Gasteiger charge is 2.55. The van der Waals surface area contributed by atoms with Gasteiger partial charge in [0.15, 0.2) is 0 Å². The van der Waals surface area contributed by atoms with Crippen molar-refractivity contribution in [1.29, 1.82) is 0 Å². The Balaban J connectivity index is 6.34. The van der Waals surface area contributed by atoms with Crippen LogP contribution in [-0.4, -0.2) is 74.4 Å². The molecule has 2 amide bonds. The lowest BCUT2D eigenvalue weighted by Gasteiger charge is -2.56. The smallest absolute Gasteiger partial charge is 0.374 e. The molecule has 0 radical (unpaired) electrons. The van der Waals surface area contributed by atoms with Crippen LogP contribution in [0.5, 0.6) is 0 Å². The van der Waals surface area contributed by atoms with Crippen molar-refractivity contribution in [3.63, 3.8) is 0 Å². The van der Waals surface area contributed by atoms with Crippen molar-refractivity contribution in [3.8, 4) is 0 Å². The van der Waals surface area contributed by atoms with Crippen LogP contribution >= 0.6 is 0 Å². The second-order valence-corrected chi connectivity index (χ2v) is 12.4. The molecule has 3 atom stereocenters. The van der Waals surface area contributed by atoms with Crippen LogP contribution in [0.25, 0.3) is 0 Å². The molecule has 0 fully saturated rings. The summed E-state index contributed by atoms with van der Waals surface area (Å²) in [5.41, 5.74) is -1.19. The Morgan fingerprint density at radius 3 is 1.48 bits per heavy atom. The van der Waals surface area contributed by atoms with Gasteiger partial charge in [-0.3, -0.25) is 9.59 Å². The lowest BCUT2D eigenvalue weighted by atomic mass is 9.79. The van der Waals surface area contributed by atoms with Crippen LogP contribution in [-0.2, 0) is 22.9 Å². The summed E-state index contributed by atoms with van der Waals surface area (Å²) in [4.78, 5) is 28.7. The van der Waals surface area contributed by atoms with Gasteiger partial charge >= 0.3 is 8.80 Å². The molecule has 0 aliphatic carbocycles. The second kappa shape index (κ2) is 11.8. The van der Waals surface area contributed by atoms with E-state index in [4.69, 9.17) is 13.3 Å². The van der Waals surface area contributed by atoms with Crippen LogP contribution in [0.2, 0.25) is 5.54 Å². The summed E-state index contributed by atoms with van der Waals surface area (Å²) >= 11 is 0. The maximum Gasteiger partial charge on any atom is 0.504 e. The van der Waals surface area contributed by atoms with Gasteiger partial charge < -0.3 is 23.1 Å². The predicted octanol–water partition coefficient (Wildman–Crippen LogP) is 4.33. The molecule has 7 nitrogen and oxygen atoms in total. The average molecular weight is 461 g/mol. The molecular formula is C23H48N2O5Si. The second-order valence-electron chi connectivity index (χ2n) is 9.45. The fraction of sp³-hybridized carbons (Fsp3) is 0.913. The van der Waals surface area contributed by atoms with Gasteiger partial charge in [0, 0.05) is 51.8 Å². The number of nitrogens with zero attached hydrogens (tertiary/aromatic N) is 2. The Hall–Kier alpha value is -0.963. The first-order valence-corrected chi connectivity index (χ1v) is 13.3. The van der Waals surface area contributed by atoms with Gasteiger partial charge in [-0.1, -0.05) is 13.8 Å². The van der Waals surface area contributed by atoms with Gasteiger partial charge in [-0.25, -0.2) is 0 Å². The number of likely N-dealkylation sites (N-methyl/N-ethyl adjacent to an activating group) is 1. The van der Waals surface area contributed by atoms with E-state index in [1.54, 1.807) is 25.8 Å². The quantitative estimate of drug-likeness (QED) is 0.383. The van der Waals surface area contributed by atoms with E-state index in [0.717, 1.165) is 0 Å². The summed E-state index contributed by atoms with van der Waals surface area (Å²) < 4.78 is 18.5. The van der Waals surface area contributed by atoms with Gasteiger partial charge in [-0.15, -0.1) is 0 Å². The summed E-state index contributed by atoms with van der Waals surface area (Å²) in [5, 5.41) is 0. The highest BCUT2D eigenvalue weighted by Crippen LogP contribution is 2.43. The number of carbonyl (C=O) groups excluding carboxylic acids is 2. The van der Waals surface area contributed by atoms with Crippen molar-refractivity contribution in [2.45, 2.75) is 106 Å². The molecule has 0 saturated heterocycles. The molecule has 0 aromatic heterocycles. The van der Waals surface area contributed by atoms with Crippen molar-refractivity contribution in [1.82, 2.24) is 9.80 Å². The number of hydrogen-bond acceptors (Lipinski definition) is 5. The van der Waals surface area contributed by atoms with Crippen molar-refractivity contribution in [2.24, 2.45) is 5.92 Å². The van der Waals surface area contributed by atoms with E-state index in [-0.39, 0.29) is 29.3 Å². The SMILES string of the molecule is CCO[Si](OCC)(OCC)C(C)C(C)C(C)(C)N(C(C)=O)C(C)(C)C(C)N(C)C(C)=O. The third-order valence-electron chi connectivity index (χ3n) is 7.03. The highest BCUT2D eigenvalue weighted by atomic mass is 28.4. The molecule has 0 heterocycles. The normalized spacial score (nSPS) is 15.9. The van der Waals surface area contributed by atoms with Gasteiger partial charge in [0.05, 0.1) is 11.6 Å². The molecule has 31 heavy (non-hydrogen) atoms. The Kier molecular flexibility index (Phi) is 11.4. The molecule has 0 aliphatic heterocycles. The van der Waals surface area contributed by atoms with Crippen LogP contribution in [0.3, 0.4) is 0 Å². The van der Waals surface area contributed by atoms with Crippen LogP contribution in [0, 0.1) is 5.92 Å². The molecule has 0 aliphatic rings. The van der Waals surface area contributed by atoms with Gasteiger partial charge in [-0.05, 0) is 61.3 Å². The minimum absolute atomic E-state index is 0.00169. The van der Waals surface area contributed by atoms with E-state index >= 15 is 0 Å². The fourth-order valence-corrected chi connectivity index (χ4v) is 8.00. The van der Waals surface area contributed by atoms with E-state index in [0.29, 0.717) is 19.8 Å². The maximum absolute atomic E-state index is 13.0. The Morgan fingerprint density at radius 2 is 1.19 bits per heavy atom. The first-order valence-electron chi connectivity index (χ1n) is 11.5. The van der Waals surface area contributed by atoms with Crippen LogP contribution in [0.1, 0.15) is 83.1 Å². The van der Waals surface area contributed by atoms with E-state index in [2.05, 4.69) is 27.7 Å². The number of amides is 2. The summed E-state index contributed by atoms with van der Waals surface area (Å²) in [6.45, 7) is 25.0. The number of carbonyl (C=O) groups is 2. The molecule has 0 spiro atoms. The van der Waals surface area contributed by atoms with Gasteiger partial charge in [0.2, 0.25) is 11.8 Å². The molecular weight excluding hydrogens is 412 g/mol. The molecule has 0 rings (SSSR count). The number of rotatable bonds is 13. The van der Waals surface area contributed by atoms with Crippen LogP contribution in [0.4, 0.5) is 0 Å². The van der Waals surface area contributed by atoms with E-state index in [9.17, 15) is 9.59 Å². The first kappa shape index (κ1) is 30.0. The predicted molar refractivity (Wildman–Crippen MR) is 128 cm³/mol. The summed E-state index contributed by atoms with van der Waals surface area (Å²) in [6, 6.07) is -0.177. The molecule has 0 aromatic carbocycles. The lowest BCUT2D eigenvalue weighted by Crippen LogP contribution is -2.68. The Bertz CT molecular complexity index is 579. The maximum atomic E-state index is 13.0. The number of hydrogen-bond donors (Lipinski definition) is 0. The third-order valence-corrected chi connectivity index (χ3v) is 10.7. The highest BCUT2D eigenvalue weighted by molar-refractivity contribution is 6.62. The van der Waals surface area contributed by atoms with Gasteiger partial charge in [0.25, 0.3) is 0 Å². The van der Waals surface area contributed by atoms with Gasteiger partial charge in [-0.2, -0.15) is 0 Å². The first-order chi connectivity index (χ1) is 14.1. The fourth-order valence-electron chi connectivity index (χ4n) is 4.73. The zero-order valence-corrected chi connectivity index (χ0v) is 23.3. The van der Waals surface area contributed by atoms with E-state index in [1.165, 1.54) is 0 Å². The van der Waals surface area contributed by atoms with Crippen molar-refractivity contribution in [2.75, 3.05) is 26.9 Å². The van der Waals surface area contributed by atoms with Crippen molar-refractivity contribution >= 4 is 20.6 Å². The monoisotopic (exact) mass is 460 g/mol. The zero-order valence-electron chi connectivity index (χ0n) is 22.3. The zero-order chi connectivity index (χ0) is 24.8. The Labute approximate surface area is 192 Å². The summed E-state index contributed by atoms with van der Waals surface area (Å²) in [5.74, 6) is -0.0602. The van der Waals surface area contributed by atoms with Crippen LogP contribution in [0.15, 0.2) is 0 Å². The summed E-state index contributed by atoms with van der Waals surface area (Å²) in [7, 11) is -1.20. The lowest BCUT2D eigenvalue weighted by molar-refractivity contribution is -0.153. The largest absolute Gasteiger partial charge is 0.504 e. The Morgan fingerprint density at radius 1 is 0.806 bits per heavy atom. The van der Waals surface area contributed by atoms with Gasteiger partial charge in [0.1, 0.15) is 0 Å². The molecule has 184 valence electrons. The third kappa shape index (κ3) is 6.52. The molecule has 8 heteroatoms. The summed E-state index contributed by atoms with van der Waals surface area (Å²) in [6.07, 6.45) is 0. The molecule has 0 N–H and O–H groups in total. The molecule has 0 bridgehead atoms. The molecule has 3 unspecified atom stereocenters. The van der Waals surface area contributed by atoms with Crippen LogP contribution < -0.4 is 0 Å². The van der Waals surface area contributed by atoms with E-state index < -0.39 is 19.9 Å².